The smallest absolute Gasteiger partial charge is 0.0991 e. The van der Waals surface area contributed by atoms with Crippen molar-refractivity contribution in [3.63, 3.8) is 0 Å². The molecular weight excluding hydrogens is 274 g/mol. The molecule has 1 fully saturated rings. The van der Waals surface area contributed by atoms with Crippen LogP contribution in [0.2, 0.25) is 0 Å². The second kappa shape index (κ2) is 7.07. The number of nitrogens with zero attached hydrogens (tertiary/aromatic N) is 3. The summed E-state index contributed by atoms with van der Waals surface area (Å²) in [6, 6.07) is 8.93. The van der Waals surface area contributed by atoms with Crippen molar-refractivity contribution < 1.29 is 5.11 Å². The van der Waals surface area contributed by atoms with Gasteiger partial charge in [-0.15, -0.1) is 0 Å². The predicted molar refractivity (Wildman–Crippen MR) is 87.9 cm³/mol. The largest absolute Gasteiger partial charge is 0.392 e. The molecule has 4 heteroatoms. The molecule has 1 aromatic heterocycles. The number of imidazole rings is 1. The minimum atomic E-state index is -0.203. The summed E-state index contributed by atoms with van der Waals surface area (Å²) in [7, 11) is 0. The molecule has 1 N–H and O–H groups in total. The van der Waals surface area contributed by atoms with Crippen LogP contribution < -0.4 is 0 Å². The van der Waals surface area contributed by atoms with E-state index < -0.39 is 0 Å². The molecule has 1 saturated heterocycles. The number of piperidine rings is 1. The van der Waals surface area contributed by atoms with E-state index in [4.69, 9.17) is 0 Å². The van der Waals surface area contributed by atoms with E-state index in [0.717, 1.165) is 31.6 Å². The fraction of sp³-hybridized carbons (Fsp3) is 0.500. The van der Waals surface area contributed by atoms with Gasteiger partial charge in [-0.1, -0.05) is 25.5 Å². The summed E-state index contributed by atoms with van der Waals surface area (Å²) in [4.78, 5) is 6.53. The van der Waals surface area contributed by atoms with Gasteiger partial charge >= 0.3 is 0 Å². The first-order valence-corrected chi connectivity index (χ1v) is 8.27. The van der Waals surface area contributed by atoms with Crippen LogP contribution >= 0.6 is 0 Å². The summed E-state index contributed by atoms with van der Waals surface area (Å²) in [5.41, 5.74) is 2.43. The Morgan fingerprint density at radius 3 is 2.77 bits per heavy atom. The van der Waals surface area contributed by atoms with E-state index in [0.29, 0.717) is 6.04 Å². The fourth-order valence-corrected chi connectivity index (χ4v) is 3.34. The maximum atomic E-state index is 10.2. The van der Waals surface area contributed by atoms with E-state index >= 15 is 0 Å². The molecule has 2 heterocycles. The summed E-state index contributed by atoms with van der Waals surface area (Å²) < 4.78 is 2.01. The zero-order chi connectivity index (χ0) is 15.4. The van der Waals surface area contributed by atoms with Crippen molar-refractivity contribution in [2.75, 3.05) is 6.54 Å². The molecule has 4 nitrogen and oxygen atoms in total. The van der Waals surface area contributed by atoms with E-state index in [1.165, 1.54) is 18.4 Å². The highest BCUT2D eigenvalue weighted by Crippen LogP contribution is 2.23. The summed E-state index contributed by atoms with van der Waals surface area (Å²) >= 11 is 0. The van der Waals surface area contributed by atoms with Crippen molar-refractivity contribution in [1.82, 2.24) is 14.5 Å². The molecule has 0 saturated carbocycles. The van der Waals surface area contributed by atoms with Gasteiger partial charge in [0.15, 0.2) is 0 Å². The van der Waals surface area contributed by atoms with Crippen LogP contribution in [0.3, 0.4) is 0 Å². The van der Waals surface area contributed by atoms with E-state index in [-0.39, 0.29) is 6.10 Å². The first-order chi connectivity index (χ1) is 10.8. The van der Waals surface area contributed by atoms with Gasteiger partial charge in [0.2, 0.25) is 0 Å². The minimum Gasteiger partial charge on any atom is -0.392 e. The van der Waals surface area contributed by atoms with Crippen molar-refractivity contribution in [2.45, 2.75) is 51.3 Å². The molecular formula is C18H25N3O. The molecule has 118 valence electrons. The second-order valence-electron chi connectivity index (χ2n) is 6.15. The highest BCUT2D eigenvalue weighted by atomic mass is 16.3. The summed E-state index contributed by atoms with van der Waals surface area (Å²) in [5, 5.41) is 10.2. The Morgan fingerprint density at radius 1 is 1.27 bits per heavy atom. The molecule has 1 aliphatic heterocycles. The topological polar surface area (TPSA) is 41.3 Å². The second-order valence-corrected chi connectivity index (χ2v) is 6.15. The number of aliphatic hydroxyl groups is 1. The Morgan fingerprint density at radius 2 is 2.09 bits per heavy atom. The van der Waals surface area contributed by atoms with Crippen LogP contribution in [-0.2, 0) is 6.54 Å². The van der Waals surface area contributed by atoms with Gasteiger partial charge in [-0.3, -0.25) is 4.90 Å². The molecule has 2 aromatic rings. The molecule has 1 aromatic carbocycles. The lowest BCUT2D eigenvalue weighted by Crippen LogP contribution is -2.46. The highest BCUT2D eigenvalue weighted by Gasteiger charge is 2.27. The molecule has 0 bridgehead atoms. The van der Waals surface area contributed by atoms with Crippen LogP contribution in [0.25, 0.3) is 5.69 Å². The first-order valence-electron chi connectivity index (χ1n) is 8.27. The number of aromatic nitrogens is 2. The number of hydrogen-bond donors (Lipinski definition) is 1. The average molecular weight is 299 g/mol. The predicted octanol–water partition coefficient (Wildman–Crippen LogP) is 3.00. The highest BCUT2D eigenvalue weighted by molar-refractivity contribution is 5.34. The summed E-state index contributed by atoms with van der Waals surface area (Å²) in [6.07, 6.45) is 9.77. The quantitative estimate of drug-likeness (QED) is 0.923. The van der Waals surface area contributed by atoms with Gasteiger partial charge in [-0.25, -0.2) is 4.98 Å². The first kappa shape index (κ1) is 15.3. The third-order valence-corrected chi connectivity index (χ3v) is 4.65. The van der Waals surface area contributed by atoms with Crippen LogP contribution in [0.1, 0.15) is 38.2 Å². The van der Waals surface area contributed by atoms with Crippen LogP contribution in [0, 0.1) is 0 Å². The molecule has 0 spiro atoms. The Balaban J connectivity index is 1.69. The van der Waals surface area contributed by atoms with Crippen molar-refractivity contribution >= 4 is 0 Å². The standard InChI is InChI=1S/C18H25N3O/c1-2-18(22)17-5-3-4-11-20(17)13-15-6-8-16(9-7-15)21-12-10-19-14-21/h6-10,12,14,17-18,22H,2-5,11,13H2,1H3. The number of hydrogen-bond acceptors (Lipinski definition) is 3. The zero-order valence-corrected chi connectivity index (χ0v) is 13.2. The Labute approximate surface area is 132 Å². The van der Waals surface area contributed by atoms with Crippen molar-refractivity contribution in [1.29, 1.82) is 0 Å². The van der Waals surface area contributed by atoms with E-state index in [2.05, 4.69) is 41.1 Å². The third-order valence-electron chi connectivity index (χ3n) is 4.65. The molecule has 0 aliphatic carbocycles. The molecule has 3 rings (SSSR count). The van der Waals surface area contributed by atoms with E-state index in [1.807, 2.05) is 17.1 Å². The normalized spacial score (nSPS) is 20.9. The molecule has 2 atom stereocenters. The number of likely N-dealkylation sites (tertiary alicyclic amines) is 1. The Kier molecular flexibility index (Phi) is 4.90. The lowest BCUT2D eigenvalue weighted by molar-refractivity contribution is 0.0195. The monoisotopic (exact) mass is 299 g/mol. The number of aliphatic hydroxyl groups excluding tert-OH is 1. The SMILES string of the molecule is CCC(O)C1CCCCN1Cc1ccc(-n2ccnc2)cc1. The fourth-order valence-electron chi connectivity index (χ4n) is 3.34. The van der Waals surface area contributed by atoms with Gasteiger partial charge in [-0.2, -0.15) is 0 Å². The van der Waals surface area contributed by atoms with Gasteiger partial charge in [0.05, 0.1) is 12.4 Å². The molecule has 1 aliphatic rings. The zero-order valence-electron chi connectivity index (χ0n) is 13.2. The molecule has 0 radical (unpaired) electrons. The van der Waals surface area contributed by atoms with Gasteiger partial charge in [0.25, 0.3) is 0 Å². The van der Waals surface area contributed by atoms with Crippen LogP contribution in [-0.4, -0.2) is 38.2 Å². The average Bonchev–Trinajstić information content (AvgIpc) is 3.10. The summed E-state index contributed by atoms with van der Waals surface area (Å²) in [6.45, 7) is 4.08. The third kappa shape index (κ3) is 3.39. The molecule has 0 amide bonds. The maximum Gasteiger partial charge on any atom is 0.0991 e. The summed E-state index contributed by atoms with van der Waals surface area (Å²) in [5.74, 6) is 0. The van der Waals surface area contributed by atoms with Gasteiger partial charge < -0.3 is 9.67 Å². The van der Waals surface area contributed by atoms with Crippen molar-refractivity contribution in [3.05, 3.63) is 48.5 Å². The Hall–Kier alpha value is -1.65. The van der Waals surface area contributed by atoms with Gasteiger partial charge in [-0.05, 0) is 43.5 Å². The molecule has 2 unspecified atom stereocenters. The Bertz CT molecular complexity index is 565. The van der Waals surface area contributed by atoms with E-state index in [1.54, 1.807) is 6.20 Å². The lowest BCUT2D eigenvalue weighted by Gasteiger charge is -2.38. The van der Waals surface area contributed by atoms with E-state index in [9.17, 15) is 5.11 Å². The number of benzene rings is 1. The lowest BCUT2D eigenvalue weighted by atomic mass is 9.95. The van der Waals surface area contributed by atoms with Gasteiger partial charge in [0.1, 0.15) is 0 Å². The van der Waals surface area contributed by atoms with Crippen molar-refractivity contribution in [3.8, 4) is 5.69 Å². The maximum absolute atomic E-state index is 10.2. The van der Waals surface area contributed by atoms with Gasteiger partial charge in [0, 0.05) is 30.7 Å². The van der Waals surface area contributed by atoms with Crippen LogP contribution in [0.5, 0.6) is 0 Å². The minimum absolute atomic E-state index is 0.203. The van der Waals surface area contributed by atoms with Crippen LogP contribution in [0.15, 0.2) is 43.0 Å². The number of rotatable bonds is 5. The van der Waals surface area contributed by atoms with Crippen molar-refractivity contribution in [2.24, 2.45) is 0 Å². The molecule has 22 heavy (non-hydrogen) atoms. The van der Waals surface area contributed by atoms with Crippen LogP contribution in [0.4, 0.5) is 0 Å².